The van der Waals surface area contributed by atoms with E-state index in [1.165, 1.54) is 43.5 Å². The van der Waals surface area contributed by atoms with Gasteiger partial charge in [-0.25, -0.2) is 4.79 Å². The Bertz CT molecular complexity index is 857. The average molecular weight is 373 g/mol. The SMILES string of the molecule is COC(=O)c1cc(C=Cc2ccc(S(=O)(=O)O)cc2)ccc1O.[K]. The third kappa shape index (κ3) is 5.52. The van der Waals surface area contributed by atoms with Crippen molar-refractivity contribution in [2.75, 3.05) is 7.11 Å². The fourth-order valence-electron chi connectivity index (χ4n) is 1.87. The molecule has 0 heterocycles. The van der Waals surface area contributed by atoms with Crippen molar-refractivity contribution in [3.63, 3.8) is 0 Å². The van der Waals surface area contributed by atoms with Crippen molar-refractivity contribution in [1.82, 2.24) is 0 Å². The smallest absolute Gasteiger partial charge is 0.341 e. The Labute approximate surface area is 182 Å². The van der Waals surface area contributed by atoms with E-state index in [0.29, 0.717) is 11.1 Å². The standard InChI is InChI=1S/C16H14O6S.K/c1-22-16(18)14-10-12(6-9-15(14)17)3-2-11-4-7-13(8-5-11)23(19,20)21;/h2-10,17H,1H3,(H,19,20,21);. The molecule has 2 aromatic rings. The average Bonchev–Trinajstić information content (AvgIpc) is 2.53. The molecule has 6 nitrogen and oxygen atoms in total. The van der Waals surface area contributed by atoms with Crippen LogP contribution in [0.5, 0.6) is 5.75 Å². The number of phenolic OH excluding ortho intramolecular Hbond substituents is 1. The Morgan fingerprint density at radius 3 is 2.12 bits per heavy atom. The van der Waals surface area contributed by atoms with Crippen LogP contribution in [0.25, 0.3) is 12.2 Å². The van der Waals surface area contributed by atoms with Crippen LogP contribution in [0.1, 0.15) is 21.5 Å². The molecule has 0 amide bonds. The van der Waals surface area contributed by atoms with Crippen molar-refractivity contribution in [3.05, 3.63) is 59.2 Å². The summed E-state index contributed by atoms with van der Waals surface area (Å²) in [5.41, 5.74) is 1.41. The summed E-state index contributed by atoms with van der Waals surface area (Å²) in [4.78, 5) is 11.3. The summed E-state index contributed by atoms with van der Waals surface area (Å²) >= 11 is 0. The van der Waals surface area contributed by atoms with Crippen LogP contribution in [0, 0.1) is 0 Å². The van der Waals surface area contributed by atoms with E-state index < -0.39 is 16.1 Å². The second-order valence-corrected chi connectivity index (χ2v) is 6.07. The normalized spacial score (nSPS) is 11.1. The first kappa shape index (κ1) is 21.0. The molecular formula is C16H14KO6S. The Kier molecular flexibility index (Phi) is 7.81. The molecule has 1 radical (unpaired) electrons. The Morgan fingerprint density at radius 2 is 1.58 bits per heavy atom. The minimum Gasteiger partial charge on any atom is -0.507 e. The maximum Gasteiger partial charge on any atom is 0.341 e. The molecule has 2 N–H and O–H groups in total. The van der Waals surface area contributed by atoms with E-state index in [4.69, 9.17) is 4.55 Å². The van der Waals surface area contributed by atoms with E-state index in [1.54, 1.807) is 18.2 Å². The molecule has 0 aromatic heterocycles. The van der Waals surface area contributed by atoms with Crippen molar-refractivity contribution < 1.29 is 27.6 Å². The van der Waals surface area contributed by atoms with Gasteiger partial charge in [-0.2, -0.15) is 8.42 Å². The zero-order chi connectivity index (χ0) is 17.0. The molecule has 0 aliphatic heterocycles. The van der Waals surface area contributed by atoms with Gasteiger partial charge in [0.25, 0.3) is 10.1 Å². The molecule has 121 valence electrons. The predicted octanol–water partition coefficient (Wildman–Crippen LogP) is 2.22. The number of ether oxygens (including phenoxy) is 1. The van der Waals surface area contributed by atoms with Gasteiger partial charge in [-0.1, -0.05) is 30.4 Å². The number of aromatic hydroxyl groups is 1. The van der Waals surface area contributed by atoms with E-state index in [9.17, 15) is 18.3 Å². The minimum absolute atomic E-state index is 0. The molecule has 8 heteroatoms. The molecule has 0 saturated carbocycles. The number of esters is 1. The van der Waals surface area contributed by atoms with E-state index in [1.807, 2.05) is 0 Å². The van der Waals surface area contributed by atoms with Crippen LogP contribution in [-0.2, 0) is 14.9 Å². The number of hydrogen-bond acceptors (Lipinski definition) is 5. The van der Waals surface area contributed by atoms with Gasteiger partial charge >= 0.3 is 5.97 Å². The van der Waals surface area contributed by atoms with Crippen molar-refractivity contribution in [3.8, 4) is 5.75 Å². The molecule has 2 rings (SSSR count). The van der Waals surface area contributed by atoms with Crippen molar-refractivity contribution in [2.45, 2.75) is 4.90 Å². The molecule has 0 aliphatic rings. The van der Waals surface area contributed by atoms with Gasteiger partial charge in [-0.3, -0.25) is 4.55 Å². The molecule has 0 saturated heterocycles. The molecule has 0 bridgehead atoms. The summed E-state index contributed by atoms with van der Waals surface area (Å²) in [5.74, 6) is -0.818. The monoisotopic (exact) mass is 373 g/mol. The van der Waals surface area contributed by atoms with Crippen LogP contribution in [0.2, 0.25) is 0 Å². The van der Waals surface area contributed by atoms with Crippen LogP contribution in [-0.4, -0.2) is 82.5 Å². The maximum atomic E-state index is 11.5. The fraction of sp³-hybridized carbons (Fsp3) is 0.0625. The van der Waals surface area contributed by atoms with Crippen LogP contribution < -0.4 is 0 Å². The van der Waals surface area contributed by atoms with Crippen molar-refractivity contribution in [2.24, 2.45) is 0 Å². The first-order valence-corrected chi connectivity index (χ1v) is 7.92. The summed E-state index contributed by atoms with van der Waals surface area (Å²) in [6.45, 7) is 0. The third-order valence-electron chi connectivity index (χ3n) is 3.07. The van der Waals surface area contributed by atoms with Gasteiger partial charge in [0.1, 0.15) is 11.3 Å². The van der Waals surface area contributed by atoms with Crippen molar-refractivity contribution >= 4 is 79.6 Å². The third-order valence-corrected chi connectivity index (χ3v) is 3.94. The second-order valence-electron chi connectivity index (χ2n) is 4.65. The van der Waals surface area contributed by atoms with Gasteiger partial charge in [0.15, 0.2) is 0 Å². The van der Waals surface area contributed by atoms with Gasteiger partial charge in [-0.15, -0.1) is 0 Å². The number of phenols is 1. The van der Waals surface area contributed by atoms with E-state index in [-0.39, 0.29) is 67.6 Å². The summed E-state index contributed by atoms with van der Waals surface area (Å²) in [6, 6.07) is 10.1. The summed E-state index contributed by atoms with van der Waals surface area (Å²) in [7, 11) is -2.99. The van der Waals surface area contributed by atoms with E-state index in [0.717, 1.165) is 0 Å². The molecule has 24 heavy (non-hydrogen) atoms. The van der Waals surface area contributed by atoms with Gasteiger partial charge < -0.3 is 9.84 Å². The zero-order valence-corrected chi connectivity index (χ0v) is 17.1. The Balaban J connectivity index is 0.00000288. The first-order valence-electron chi connectivity index (χ1n) is 6.48. The molecule has 0 spiro atoms. The predicted molar refractivity (Wildman–Crippen MR) is 90.4 cm³/mol. The van der Waals surface area contributed by atoms with Gasteiger partial charge in [0.2, 0.25) is 0 Å². The number of methoxy groups -OCH3 is 1. The Hall–Kier alpha value is -1.00. The zero-order valence-electron chi connectivity index (χ0n) is 13.1. The number of carbonyl (C=O) groups is 1. The first-order chi connectivity index (χ1) is 10.8. The quantitative estimate of drug-likeness (QED) is 0.369. The van der Waals surface area contributed by atoms with Gasteiger partial charge in [0, 0.05) is 51.4 Å². The number of benzene rings is 2. The fourth-order valence-corrected chi connectivity index (χ4v) is 2.35. The van der Waals surface area contributed by atoms with E-state index in [2.05, 4.69) is 4.74 Å². The van der Waals surface area contributed by atoms with Gasteiger partial charge in [-0.05, 0) is 35.4 Å². The maximum absolute atomic E-state index is 11.5. The summed E-state index contributed by atoms with van der Waals surface area (Å²) < 4.78 is 35.4. The molecule has 0 unspecified atom stereocenters. The van der Waals surface area contributed by atoms with Crippen molar-refractivity contribution in [1.29, 1.82) is 0 Å². The topological polar surface area (TPSA) is 101 Å². The number of carbonyl (C=O) groups excluding carboxylic acids is 1. The number of rotatable bonds is 4. The van der Waals surface area contributed by atoms with Crippen LogP contribution >= 0.6 is 0 Å². The van der Waals surface area contributed by atoms with Crippen LogP contribution in [0.3, 0.4) is 0 Å². The van der Waals surface area contributed by atoms with Gasteiger partial charge in [0.05, 0.1) is 12.0 Å². The molecule has 2 aromatic carbocycles. The van der Waals surface area contributed by atoms with Crippen LogP contribution in [0.15, 0.2) is 47.4 Å². The van der Waals surface area contributed by atoms with Crippen LogP contribution in [0.4, 0.5) is 0 Å². The minimum atomic E-state index is -4.21. The second kappa shape index (κ2) is 8.91. The van der Waals surface area contributed by atoms with E-state index >= 15 is 0 Å². The Morgan fingerprint density at radius 1 is 1.04 bits per heavy atom. The largest absolute Gasteiger partial charge is 0.507 e. The molecular weight excluding hydrogens is 359 g/mol. The summed E-state index contributed by atoms with van der Waals surface area (Å²) in [5, 5.41) is 9.62. The number of hydrogen-bond donors (Lipinski definition) is 2. The molecule has 0 aliphatic carbocycles. The summed E-state index contributed by atoms with van der Waals surface area (Å²) in [6.07, 6.45) is 3.38. The molecule has 0 atom stereocenters. The molecule has 0 fully saturated rings.